The molecule has 1 aromatic carbocycles. The van der Waals surface area contributed by atoms with Gasteiger partial charge in [0.1, 0.15) is 12.1 Å². The van der Waals surface area contributed by atoms with E-state index in [1.165, 1.54) is 6.07 Å². The maximum absolute atomic E-state index is 12.4. The molecule has 0 fully saturated rings. The number of imide groups is 1. The summed E-state index contributed by atoms with van der Waals surface area (Å²) < 4.78 is 5.04. The molecule has 3 N–H and O–H groups in total. The largest absolute Gasteiger partial charge is 0.444 e. The number of hydrogen-bond donors (Lipinski definition) is 3. The van der Waals surface area contributed by atoms with Crippen molar-refractivity contribution in [2.24, 2.45) is 0 Å². The van der Waals surface area contributed by atoms with Crippen molar-refractivity contribution in [3.8, 4) is 0 Å². The maximum atomic E-state index is 12.4. The maximum Gasteiger partial charge on any atom is 0.407 e. The zero-order chi connectivity index (χ0) is 24.8. The number of nitro groups is 1. The van der Waals surface area contributed by atoms with Crippen LogP contribution in [-0.2, 0) is 14.3 Å². The molecule has 2 rings (SSSR count). The Balaban J connectivity index is 1.70. The standard InChI is InChI=1S/C20H25N5O8/c1-20(2,3)33-19(30)23-7-6-15(26)21-8-9-22-16(27)11-24-17(28)13-5-4-12(25(31)32)10-14(13)18(24)29/h4-5,10H,6-9,11H2,1-3H3,(H,21,26)(H,22,27)(H,23,30). The highest BCUT2D eigenvalue weighted by Crippen LogP contribution is 2.26. The minimum Gasteiger partial charge on any atom is -0.444 e. The minimum atomic E-state index is -0.792. The Labute approximate surface area is 189 Å². The molecule has 0 radical (unpaired) electrons. The SMILES string of the molecule is CC(C)(C)OC(=O)NCCC(=O)NCCNC(=O)CN1C(=O)c2ccc([N+](=O)[O-])cc2C1=O. The third-order valence-electron chi connectivity index (χ3n) is 4.26. The lowest BCUT2D eigenvalue weighted by Gasteiger charge is -2.19. The van der Waals surface area contributed by atoms with Gasteiger partial charge in [-0.25, -0.2) is 4.79 Å². The number of hydrogen-bond acceptors (Lipinski definition) is 8. The lowest BCUT2D eigenvalue weighted by atomic mass is 10.1. The summed E-state index contributed by atoms with van der Waals surface area (Å²) in [5.41, 5.74) is -1.12. The lowest BCUT2D eigenvalue weighted by Crippen LogP contribution is -2.43. The van der Waals surface area contributed by atoms with Gasteiger partial charge >= 0.3 is 6.09 Å². The molecule has 33 heavy (non-hydrogen) atoms. The highest BCUT2D eigenvalue weighted by atomic mass is 16.6. The molecule has 0 spiro atoms. The van der Waals surface area contributed by atoms with E-state index in [1.807, 2.05) is 0 Å². The molecule has 0 atom stereocenters. The number of nitrogens with one attached hydrogen (secondary N) is 3. The van der Waals surface area contributed by atoms with Crippen LogP contribution in [0.2, 0.25) is 0 Å². The van der Waals surface area contributed by atoms with E-state index in [0.717, 1.165) is 12.1 Å². The van der Waals surface area contributed by atoms with Crippen molar-refractivity contribution >= 4 is 35.4 Å². The van der Waals surface area contributed by atoms with Gasteiger partial charge in [0, 0.05) is 38.2 Å². The van der Waals surface area contributed by atoms with Crippen molar-refractivity contribution in [2.45, 2.75) is 32.8 Å². The molecule has 0 saturated heterocycles. The van der Waals surface area contributed by atoms with Gasteiger partial charge in [0.05, 0.1) is 16.1 Å². The molecular formula is C20H25N5O8. The van der Waals surface area contributed by atoms with Crippen LogP contribution in [0.1, 0.15) is 47.9 Å². The van der Waals surface area contributed by atoms with Crippen molar-refractivity contribution in [1.82, 2.24) is 20.9 Å². The first-order valence-electron chi connectivity index (χ1n) is 10.0. The van der Waals surface area contributed by atoms with Gasteiger partial charge in [0.15, 0.2) is 0 Å². The van der Waals surface area contributed by atoms with Crippen molar-refractivity contribution in [3.05, 3.63) is 39.4 Å². The van der Waals surface area contributed by atoms with Crippen LogP contribution in [0.5, 0.6) is 0 Å². The van der Waals surface area contributed by atoms with Crippen LogP contribution in [0, 0.1) is 10.1 Å². The van der Waals surface area contributed by atoms with Crippen molar-refractivity contribution < 1.29 is 33.6 Å². The number of non-ortho nitro benzene ring substituents is 1. The zero-order valence-electron chi connectivity index (χ0n) is 18.4. The first kappa shape index (κ1) is 25.2. The van der Waals surface area contributed by atoms with Crippen LogP contribution in [0.25, 0.3) is 0 Å². The number of rotatable bonds is 9. The van der Waals surface area contributed by atoms with Crippen LogP contribution in [-0.4, -0.2) is 71.3 Å². The highest BCUT2D eigenvalue weighted by Gasteiger charge is 2.37. The summed E-state index contributed by atoms with van der Waals surface area (Å²) in [6.45, 7) is 4.79. The molecule has 1 aliphatic rings. The Morgan fingerprint density at radius 3 is 2.18 bits per heavy atom. The van der Waals surface area contributed by atoms with Gasteiger partial charge in [-0.3, -0.25) is 34.2 Å². The molecule has 0 aromatic heterocycles. The quantitative estimate of drug-likeness (QED) is 0.203. The van der Waals surface area contributed by atoms with E-state index in [9.17, 15) is 34.1 Å². The van der Waals surface area contributed by atoms with Gasteiger partial charge in [-0.2, -0.15) is 0 Å². The molecule has 1 aliphatic heterocycles. The van der Waals surface area contributed by atoms with Gasteiger partial charge in [0.25, 0.3) is 17.5 Å². The topological polar surface area (TPSA) is 177 Å². The van der Waals surface area contributed by atoms with Gasteiger partial charge in [-0.05, 0) is 26.8 Å². The van der Waals surface area contributed by atoms with Crippen molar-refractivity contribution in [1.29, 1.82) is 0 Å². The smallest absolute Gasteiger partial charge is 0.407 e. The molecule has 1 aromatic rings. The molecule has 1 heterocycles. The number of fused-ring (bicyclic) bond motifs is 1. The zero-order valence-corrected chi connectivity index (χ0v) is 18.4. The van der Waals surface area contributed by atoms with E-state index in [4.69, 9.17) is 4.74 Å². The average molecular weight is 463 g/mol. The molecule has 13 heteroatoms. The Morgan fingerprint density at radius 2 is 1.58 bits per heavy atom. The Hall–Kier alpha value is -4.03. The van der Waals surface area contributed by atoms with E-state index in [1.54, 1.807) is 20.8 Å². The van der Waals surface area contributed by atoms with Crippen LogP contribution in [0.4, 0.5) is 10.5 Å². The fourth-order valence-corrected chi connectivity index (χ4v) is 2.82. The summed E-state index contributed by atoms with van der Waals surface area (Å²) >= 11 is 0. The number of ether oxygens (including phenoxy) is 1. The second-order valence-electron chi connectivity index (χ2n) is 8.06. The predicted molar refractivity (Wildman–Crippen MR) is 113 cm³/mol. The first-order valence-corrected chi connectivity index (χ1v) is 10.0. The molecule has 13 nitrogen and oxygen atoms in total. The lowest BCUT2D eigenvalue weighted by molar-refractivity contribution is -0.384. The second kappa shape index (κ2) is 10.5. The van der Waals surface area contributed by atoms with Crippen molar-refractivity contribution in [3.63, 3.8) is 0 Å². The summed E-state index contributed by atoms with van der Waals surface area (Å²) in [7, 11) is 0. The summed E-state index contributed by atoms with van der Waals surface area (Å²) in [4.78, 5) is 70.9. The minimum absolute atomic E-state index is 0.00830. The van der Waals surface area contributed by atoms with Crippen LogP contribution >= 0.6 is 0 Å². The first-order chi connectivity index (χ1) is 15.4. The number of carbonyl (C=O) groups is 5. The molecule has 0 bridgehead atoms. The number of nitrogens with zero attached hydrogens (tertiary/aromatic N) is 2. The number of alkyl carbamates (subject to hydrolysis) is 1. The number of nitro benzene ring substituents is 1. The molecule has 0 saturated carbocycles. The Kier molecular flexibility index (Phi) is 8.05. The van der Waals surface area contributed by atoms with Gasteiger partial charge in [-0.15, -0.1) is 0 Å². The van der Waals surface area contributed by atoms with E-state index in [2.05, 4.69) is 16.0 Å². The van der Waals surface area contributed by atoms with Gasteiger partial charge in [0.2, 0.25) is 11.8 Å². The fraction of sp³-hybridized carbons (Fsp3) is 0.450. The van der Waals surface area contributed by atoms with E-state index < -0.39 is 40.9 Å². The summed E-state index contributed by atoms with van der Waals surface area (Å²) in [6.07, 6.45) is -0.626. The fourth-order valence-electron chi connectivity index (χ4n) is 2.82. The van der Waals surface area contributed by atoms with E-state index in [-0.39, 0.29) is 48.8 Å². The van der Waals surface area contributed by atoms with Crippen molar-refractivity contribution in [2.75, 3.05) is 26.2 Å². The van der Waals surface area contributed by atoms with E-state index in [0.29, 0.717) is 4.90 Å². The van der Waals surface area contributed by atoms with Crippen LogP contribution in [0.15, 0.2) is 18.2 Å². The van der Waals surface area contributed by atoms with Crippen LogP contribution < -0.4 is 16.0 Å². The summed E-state index contributed by atoms with van der Waals surface area (Å²) in [5.74, 6) is -2.51. The van der Waals surface area contributed by atoms with Gasteiger partial charge in [-0.1, -0.05) is 0 Å². The van der Waals surface area contributed by atoms with Crippen LogP contribution in [0.3, 0.4) is 0 Å². The molecular weight excluding hydrogens is 438 g/mol. The number of benzene rings is 1. The van der Waals surface area contributed by atoms with E-state index >= 15 is 0 Å². The molecule has 5 amide bonds. The monoisotopic (exact) mass is 463 g/mol. The molecule has 178 valence electrons. The molecule has 0 aliphatic carbocycles. The highest BCUT2D eigenvalue weighted by molar-refractivity contribution is 6.22. The Morgan fingerprint density at radius 1 is 0.970 bits per heavy atom. The predicted octanol–water partition coefficient (Wildman–Crippen LogP) is 0.338. The van der Waals surface area contributed by atoms with Gasteiger partial charge < -0.3 is 20.7 Å². The molecule has 0 unspecified atom stereocenters. The number of carbonyl (C=O) groups excluding carboxylic acids is 5. The second-order valence-corrected chi connectivity index (χ2v) is 8.06. The Bertz CT molecular complexity index is 985. The normalized spacial score (nSPS) is 12.8. The number of amides is 5. The summed E-state index contributed by atoms with van der Waals surface area (Å²) in [5, 5.41) is 18.3. The average Bonchev–Trinajstić information content (AvgIpc) is 2.94. The third-order valence-corrected chi connectivity index (χ3v) is 4.26. The third kappa shape index (κ3) is 7.26. The summed E-state index contributed by atoms with van der Waals surface area (Å²) in [6, 6.07) is 3.29.